The van der Waals surface area contributed by atoms with E-state index in [2.05, 4.69) is 33.5 Å². The second kappa shape index (κ2) is 11.5. The quantitative estimate of drug-likeness (QED) is 0.532. The zero-order valence-corrected chi connectivity index (χ0v) is 17.7. The Morgan fingerprint density at radius 2 is 1.86 bits per heavy atom. The summed E-state index contributed by atoms with van der Waals surface area (Å²) in [7, 11) is 1.60. The van der Waals surface area contributed by atoms with Crippen LogP contribution in [0.1, 0.15) is 40.5 Å². The first kappa shape index (κ1) is 21.9. The highest BCUT2D eigenvalue weighted by atomic mass is 79.9. The number of amides is 2. The Hall–Kier alpha value is -2.38. The second-order valence-electron chi connectivity index (χ2n) is 6.10. The molecule has 2 amide bonds. The summed E-state index contributed by atoms with van der Waals surface area (Å²) >= 11 is 3.42. The molecule has 2 aromatic carbocycles. The highest BCUT2D eigenvalue weighted by Gasteiger charge is 2.15. The number of anilines is 1. The maximum atomic E-state index is 12.6. The fourth-order valence-corrected chi connectivity index (χ4v) is 2.95. The monoisotopic (exact) mass is 448 g/mol. The number of carbonyl (C=O) groups is 2. The molecule has 0 fully saturated rings. The Bertz CT molecular complexity index is 811. The topological polar surface area (TPSA) is 76.7 Å². The summed E-state index contributed by atoms with van der Waals surface area (Å²) in [6.07, 6.45) is 1.91. The van der Waals surface area contributed by atoms with Crippen LogP contribution in [0.3, 0.4) is 0 Å². The number of unbranched alkanes of at least 4 members (excludes halogenated alkanes) is 1. The molecule has 0 aliphatic carbocycles. The van der Waals surface area contributed by atoms with Crippen LogP contribution in [0.2, 0.25) is 0 Å². The minimum atomic E-state index is -0.307. The number of nitrogens with one attached hydrogen (secondary N) is 2. The van der Waals surface area contributed by atoms with Crippen molar-refractivity contribution in [2.24, 2.45) is 0 Å². The van der Waals surface area contributed by atoms with Crippen molar-refractivity contribution >= 4 is 33.4 Å². The zero-order valence-electron chi connectivity index (χ0n) is 16.1. The van der Waals surface area contributed by atoms with Gasteiger partial charge in [-0.2, -0.15) is 0 Å². The van der Waals surface area contributed by atoms with Crippen molar-refractivity contribution in [3.63, 3.8) is 0 Å². The third-order valence-corrected chi connectivity index (χ3v) is 4.59. The Kier molecular flexibility index (Phi) is 8.97. The SMILES string of the molecule is CCCCNC(=O)c1ccccc1NC(=O)c1ccc(OCCOC)c(Br)c1. The van der Waals surface area contributed by atoms with Crippen molar-refractivity contribution in [3.05, 3.63) is 58.1 Å². The average molecular weight is 449 g/mol. The lowest BCUT2D eigenvalue weighted by Crippen LogP contribution is -2.26. The molecule has 0 unspecified atom stereocenters. The zero-order chi connectivity index (χ0) is 20.4. The van der Waals surface area contributed by atoms with E-state index in [1.807, 2.05) is 0 Å². The molecule has 0 bridgehead atoms. The summed E-state index contributed by atoms with van der Waals surface area (Å²) in [6.45, 7) is 3.56. The minimum Gasteiger partial charge on any atom is -0.490 e. The van der Waals surface area contributed by atoms with Gasteiger partial charge >= 0.3 is 0 Å². The van der Waals surface area contributed by atoms with Gasteiger partial charge in [0.25, 0.3) is 11.8 Å². The molecule has 2 rings (SSSR count). The van der Waals surface area contributed by atoms with E-state index in [1.165, 1.54) is 0 Å². The van der Waals surface area contributed by atoms with Crippen molar-refractivity contribution in [2.45, 2.75) is 19.8 Å². The van der Waals surface area contributed by atoms with Gasteiger partial charge in [-0.05, 0) is 52.7 Å². The number of hydrogen-bond acceptors (Lipinski definition) is 4. The number of ether oxygens (including phenoxy) is 2. The van der Waals surface area contributed by atoms with Gasteiger partial charge in [0, 0.05) is 19.2 Å². The number of methoxy groups -OCH3 is 1. The minimum absolute atomic E-state index is 0.201. The lowest BCUT2D eigenvalue weighted by Gasteiger charge is -2.12. The molecule has 0 saturated carbocycles. The molecule has 0 aliphatic heterocycles. The summed E-state index contributed by atoms with van der Waals surface area (Å²) in [5.41, 5.74) is 1.36. The highest BCUT2D eigenvalue weighted by molar-refractivity contribution is 9.10. The van der Waals surface area contributed by atoms with Crippen LogP contribution in [-0.2, 0) is 4.74 Å². The van der Waals surface area contributed by atoms with Crippen LogP contribution in [-0.4, -0.2) is 38.7 Å². The van der Waals surface area contributed by atoms with Crippen LogP contribution < -0.4 is 15.4 Å². The van der Waals surface area contributed by atoms with E-state index in [0.29, 0.717) is 46.8 Å². The predicted octanol–water partition coefficient (Wildman–Crippen LogP) is 4.26. The van der Waals surface area contributed by atoms with Gasteiger partial charge in [0.15, 0.2) is 0 Å². The van der Waals surface area contributed by atoms with Gasteiger partial charge in [-0.25, -0.2) is 0 Å². The first-order valence-corrected chi connectivity index (χ1v) is 9.96. The predicted molar refractivity (Wildman–Crippen MR) is 113 cm³/mol. The van der Waals surface area contributed by atoms with E-state index in [4.69, 9.17) is 9.47 Å². The molecule has 2 N–H and O–H groups in total. The maximum absolute atomic E-state index is 12.6. The van der Waals surface area contributed by atoms with Gasteiger partial charge in [-0.1, -0.05) is 25.5 Å². The third kappa shape index (κ3) is 6.35. The van der Waals surface area contributed by atoms with Gasteiger partial charge in [-0.15, -0.1) is 0 Å². The smallest absolute Gasteiger partial charge is 0.255 e. The van der Waals surface area contributed by atoms with E-state index in [-0.39, 0.29) is 11.8 Å². The van der Waals surface area contributed by atoms with Gasteiger partial charge in [0.05, 0.1) is 22.3 Å². The number of para-hydroxylation sites is 1. The summed E-state index contributed by atoms with van der Waals surface area (Å²) in [6, 6.07) is 12.0. The van der Waals surface area contributed by atoms with Crippen LogP contribution >= 0.6 is 15.9 Å². The average Bonchev–Trinajstić information content (AvgIpc) is 2.69. The molecular formula is C21H25BrN2O4. The maximum Gasteiger partial charge on any atom is 0.255 e. The Morgan fingerprint density at radius 3 is 2.57 bits per heavy atom. The molecule has 28 heavy (non-hydrogen) atoms. The Labute approximate surface area is 173 Å². The van der Waals surface area contributed by atoms with Crippen LogP contribution in [0.5, 0.6) is 5.75 Å². The fraction of sp³-hybridized carbons (Fsp3) is 0.333. The van der Waals surface area contributed by atoms with Crippen LogP contribution in [0.4, 0.5) is 5.69 Å². The molecule has 0 aromatic heterocycles. The standard InChI is InChI=1S/C21H25BrN2O4/c1-3-4-11-23-21(26)16-7-5-6-8-18(16)24-20(25)15-9-10-19(17(22)14-15)28-13-12-27-2/h5-10,14H,3-4,11-13H2,1-2H3,(H,23,26)(H,24,25). The van der Waals surface area contributed by atoms with Gasteiger partial charge in [-0.3, -0.25) is 9.59 Å². The summed E-state index contributed by atoms with van der Waals surface area (Å²) in [5, 5.41) is 5.69. The molecule has 0 spiro atoms. The van der Waals surface area contributed by atoms with Crippen molar-refractivity contribution in [1.29, 1.82) is 0 Å². The van der Waals surface area contributed by atoms with Gasteiger partial charge < -0.3 is 20.1 Å². The Balaban J connectivity index is 2.08. The third-order valence-electron chi connectivity index (χ3n) is 3.97. The molecule has 0 radical (unpaired) electrons. The lowest BCUT2D eigenvalue weighted by atomic mass is 10.1. The van der Waals surface area contributed by atoms with E-state index in [9.17, 15) is 9.59 Å². The van der Waals surface area contributed by atoms with Gasteiger partial charge in [0.1, 0.15) is 12.4 Å². The number of halogens is 1. The summed E-state index contributed by atoms with van der Waals surface area (Å²) in [5.74, 6) is 0.120. The molecule has 2 aromatic rings. The van der Waals surface area contributed by atoms with Crippen LogP contribution in [0.15, 0.2) is 46.9 Å². The lowest BCUT2D eigenvalue weighted by molar-refractivity contribution is 0.0954. The number of carbonyl (C=O) groups excluding carboxylic acids is 2. The van der Waals surface area contributed by atoms with Gasteiger partial charge in [0.2, 0.25) is 0 Å². The van der Waals surface area contributed by atoms with Crippen molar-refractivity contribution in [1.82, 2.24) is 5.32 Å². The number of benzene rings is 2. The van der Waals surface area contributed by atoms with E-state index >= 15 is 0 Å². The largest absolute Gasteiger partial charge is 0.490 e. The van der Waals surface area contributed by atoms with Crippen LogP contribution in [0, 0.1) is 0 Å². The van der Waals surface area contributed by atoms with Crippen molar-refractivity contribution in [3.8, 4) is 5.75 Å². The first-order chi connectivity index (χ1) is 13.6. The summed E-state index contributed by atoms with van der Waals surface area (Å²) < 4.78 is 11.2. The molecular weight excluding hydrogens is 424 g/mol. The first-order valence-electron chi connectivity index (χ1n) is 9.16. The molecule has 0 aliphatic rings. The highest BCUT2D eigenvalue weighted by Crippen LogP contribution is 2.26. The Morgan fingerprint density at radius 1 is 1.07 bits per heavy atom. The molecule has 0 atom stereocenters. The van der Waals surface area contributed by atoms with E-state index in [0.717, 1.165) is 12.8 Å². The van der Waals surface area contributed by atoms with Crippen molar-refractivity contribution < 1.29 is 19.1 Å². The van der Waals surface area contributed by atoms with E-state index < -0.39 is 0 Å². The molecule has 0 saturated heterocycles. The van der Waals surface area contributed by atoms with Crippen molar-refractivity contribution in [2.75, 3.05) is 32.2 Å². The van der Waals surface area contributed by atoms with E-state index in [1.54, 1.807) is 49.6 Å². The molecule has 0 heterocycles. The second-order valence-corrected chi connectivity index (χ2v) is 6.95. The molecule has 150 valence electrons. The molecule has 6 nitrogen and oxygen atoms in total. The summed E-state index contributed by atoms with van der Waals surface area (Å²) in [4.78, 5) is 25.0. The number of hydrogen-bond donors (Lipinski definition) is 2. The fourth-order valence-electron chi connectivity index (χ4n) is 2.45. The number of rotatable bonds is 10. The van der Waals surface area contributed by atoms with Crippen LogP contribution in [0.25, 0.3) is 0 Å². The molecule has 7 heteroatoms. The normalized spacial score (nSPS) is 10.4.